The van der Waals surface area contributed by atoms with Crippen LogP contribution in [-0.4, -0.2) is 25.0 Å². The lowest BCUT2D eigenvalue weighted by molar-refractivity contribution is -0.110. The van der Waals surface area contributed by atoms with Crippen LogP contribution in [0.15, 0.2) is 60.8 Å². The number of nitrogens with zero attached hydrogens (tertiary/aromatic N) is 1. The third-order valence-corrected chi connectivity index (χ3v) is 8.88. The molecule has 2 aromatic carbocycles. The Hall–Kier alpha value is -3.28. The van der Waals surface area contributed by atoms with Crippen LogP contribution in [0.25, 0.3) is 22.3 Å². The van der Waals surface area contributed by atoms with Gasteiger partial charge >= 0.3 is 0 Å². The molecule has 0 saturated heterocycles. The predicted molar refractivity (Wildman–Crippen MR) is 186 cm³/mol. The molecule has 44 heavy (non-hydrogen) atoms. The zero-order chi connectivity index (χ0) is 32.1. The van der Waals surface area contributed by atoms with Crippen LogP contribution in [0.3, 0.4) is 0 Å². The van der Waals surface area contributed by atoms with Gasteiger partial charge in [-0.1, -0.05) is 96.3 Å². The van der Waals surface area contributed by atoms with Crippen LogP contribution in [-0.2, 0) is 16.0 Å². The first-order chi connectivity index (χ1) is 21.1. The number of carbonyl (C=O) groups is 1. The van der Waals surface area contributed by atoms with E-state index in [4.69, 9.17) is 9.72 Å². The highest BCUT2D eigenvalue weighted by molar-refractivity contribution is 5.94. The Balaban J connectivity index is 2.02. The van der Waals surface area contributed by atoms with Gasteiger partial charge in [0.1, 0.15) is 0 Å². The number of carbonyl (C=O) groups excluding carboxylic acids is 1. The summed E-state index contributed by atoms with van der Waals surface area (Å²) in [6.07, 6.45) is 10.2. The maximum Gasteiger partial charge on any atom is 0.221 e. The van der Waals surface area contributed by atoms with Crippen LogP contribution in [0.4, 0.5) is 0 Å². The minimum atomic E-state index is -0.0910. The van der Waals surface area contributed by atoms with Crippen LogP contribution < -0.4 is 10.9 Å². The molecule has 3 rings (SSSR count). The fourth-order valence-electron chi connectivity index (χ4n) is 5.88. The van der Waals surface area contributed by atoms with Gasteiger partial charge in [0.15, 0.2) is 0 Å². The number of amides is 1. The van der Waals surface area contributed by atoms with Gasteiger partial charge in [-0.25, -0.2) is 5.43 Å². The Labute approximate surface area is 266 Å². The highest BCUT2D eigenvalue weighted by atomic mass is 16.5. The zero-order valence-electron chi connectivity index (χ0n) is 28.4. The molecule has 0 fully saturated rings. The van der Waals surface area contributed by atoms with Crippen molar-refractivity contribution in [2.75, 3.05) is 13.7 Å². The average Bonchev–Trinajstić information content (AvgIpc) is 3.02. The first-order valence-electron chi connectivity index (χ1n) is 16.4. The second kappa shape index (κ2) is 17.3. The summed E-state index contributed by atoms with van der Waals surface area (Å²) in [5.74, 6) is 0.313. The Morgan fingerprint density at radius 1 is 0.955 bits per heavy atom. The van der Waals surface area contributed by atoms with E-state index in [0.717, 1.165) is 50.8 Å². The number of hydrazine groups is 1. The topological polar surface area (TPSA) is 63.2 Å². The predicted octanol–water partition coefficient (Wildman–Crippen LogP) is 9.51. The number of hydrogen-bond donors (Lipinski definition) is 2. The van der Waals surface area contributed by atoms with E-state index in [2.05, 4.69) is 114 Å². The molecule has 0 bridgehead atoms. The van der Waals surface area contributed by atoms with Gasteiger partial charge in [-0.05, 0) is 102 Å². The Bertz CT molecular complexity index is 1380. The number of hydrogen-bond acceptors (Lipinski definition) is 4. The van der Waals surface area contributed by atoms with E-state index < -0.39 is 0 Å². The van der Waals surface area contributed by atoms with Gasteiger partial charge in [0, 0.05) is 25.4 Å². The monoisotopic (exact) mass is 597 g/mol. The second-order valence-electron chi connectivity index (χ2n) is 13.1. The lowest BCUT2D eigenvalue weighted by Gasteiger charge is -2.30. The van der Waals surface area contributed by atoms with E-state index in [0.29, 0.717) is 12.3 Å². The van der Waals surface area contributed by atoms with Crippen molar-refractivity contribution in [1.82, 2.24) is 15.8 Å². The second-order valence-corrected chi connectivity index (χ2v) is 13.1. The number of pyridine rings is 1. The van der Waals surface area contributed by atoms with Gasteiger partial charge in [0.05, 0.1) is 11.8 Å². The number of nitrogens with one attached hydrogen (secondary N) is 2. The molecular formula is C39H55N3O2. The minimum Gasteiger partial charge on any atom is -0.375 e. The van der Waals surface area contributed by atoms with Gasteiger partial charge in [0.2, 0.25) is 6.41 Å². The highest BCUT2D eigenvalue weighted by Crippen LogP contribution is 2.44. The molecule has 0 spiro atoms. The first kappa shape index (κ1) is 35.2. The van der Waals surface area contributed by atoms with E-state index in [1.807, 2.05) is 6.20 Å². The molecule has 1 unspecified atom stereocenters. The summed E-state index contributed by atoms with van der Waals surface area (Å²) in [4.78, 5) is 15.2. The number of benzene rings is 2. The van der Waals surface area contributed by atoms with Gasteiger partial charge in [-0.2, -0.15) is 0 Å². The van der Waals surface area contributed by atoms with Crippen molar-refractivity contribution in [2.45, 2.75) is 99.5 Å². The van der Waals surface area contributed by atoms with Crippen LogP contribution in [0.2, 0.25) is 0 Å². The minimum absolute atomic E-state index is 0.0910. The third kappa shape index (κ3) is 9.87. The number of allylic oxidation sites excluding steroid dienone is 2. The summed E-state index contributed by atoms with van der Waals surface area (Å²) in [7, 11) is 1.76. The summed E-state index contributed by atoms with van der Waals surface area (Å²) in [5.41, 5.74) is 17.1. The van der Waals surface area contributed by atoms with E-state index in [9.17, 15) is 4.79 Å². The van der Waals surface area contributed by atoms with Crippen LogP contribution in [0.5, 0.6) is 0 Å². The SMILES string of the molecule is CCC(C)(C)C/C(=C(\c1cccnc1C(C)OC)C(C)C)c1cc(-c2cccc(CCCCCCNNC=O)c2)ccc1C. The molecule has 2 N–H and O–H groups in total. The summed E-state index contributed by atoms with van der Waals surface area (Å²) in [6, 6.07) is 20.3. The third-order valence-electron chi connectivity index (χ3n) is 8.88. The zero-order valence-corrected chi connectivity index (χ0v) is 28.4. The van der Waals surface area contributed by atoms with Crippen molar-refractivity contribution in [3.8, 4) is 11.1 Å². The van der Waals surface area contributed by atoms with Crippen molar-refractivity contribution < 1.29 is 9.53 Å². The van der Waals surface area contributed by atoms with Crippen molar-refractivity contribution >= 4 is 17.6 Å². The molecule has 1 heterocycles. The quantitative estimate of drug-likeness (QED) is 0.0871. The van der Waals surface area contributed by atoms with Crippen molar-refractivity contribution in [3.63, 3.8) is 0 Å². The Kier molecular flexibility index (Phi) is 13.8. The number of methoxy groups -OCH3 is 1. The lowest BCUT2D eigenvalue weighted by Crippen LogP contribution is -2.30. The summed E-state index contributed by atoms with van der Waals surface area (Å²) >= 11 is 0. The highest BCUT2D eigenvalue weighted by Gasteiger charge is 2.26. The molecule has 1 atom stereocenters. The van der Waals surface area contributed by atoms with Crippen LogP contribution in [0.1, 0.15) is 114 Å². The van der Waals surface area contributed by atoms with Gasteiger partial charge in [0.25, 0.3) is 0 Å². The smallest absolute Gasteiger partial charge is 0.221 e. The van der Waals surface area contributed by atoms with E-state index >= 15 is 0 Å². The molecular weight excluding hydrogens is 542 g/mol. The fraction of sp³-hybridized carbons (Fsp3) is 0.487. The number of aromatic nitrogens is 1. The molecule has 3 aromatic rings. The maximum absolute atomic E-state index is 10.3. The fourth-order valence-corrected chi connectivity index (χ4v) is 5.88. The molecule has 5 nitrogen and oxygen atoms in total. The Morgan fingerprint density at radius 3 is 2.41 bits per heavy atom. The van der Waals surface area contributed by atoms with Crippen molar-refractivity contribution in [1.29, 1.82) is 0 Å². The lowest BCUT2D eigenvalue weighted by atomic mass is 9.75. The normalized spacial score (nSPS) is 13.1. The molecule has 238 valence electrons. The summed E-state index contributed by atoms with van der Waals surface area (Å²) < 4.78 is 5.79. The number of ether oxygens (including phenoxy) is 1. The molecule has 1 aromatic heterocycles. The summed E-state index contributed by atoms with van der Waals surface area (Å²) in [5, 5.41) is 0. The number of rotatable bonds is 18. The first-order valence-corrected chi connectivity index (χ1v) is 16.4. The molecule has 0 aliphatic rings. The number of unbranched alkanes of at least 4 members (excludes halogenated alkanes) is 3. The number of aryl methyl sites for hydroxylation is 2. The molecule has 0 radical (unpaired) electrons. The maximum atomic E-state index is 10.3. The molecule has 0 aliphatic heterocycles. The van der Waals surface area contributed by atoms with Gasteiger partial charge in [-0.3, -0.25) is 15.2 Å². The van der Waals surface area contributed by atoms with Crippen LogP contribution >= 0.6 is 0 Å². The summed E-state index contributed by atoms with van der Waals surface area (Å²) in [6.45, 7) is 16.8. The van der Waals surface area contributed by atoms with Crippen molar-refractivity contribution in [3.05, 3.63) is 88.7 Å². The van der Waals surface area contributed by atoms with E-state index in [1.165, 1.54) is 50.9 Å². The molecule has 1 amide bonds. The average molecular weight is 598 g/mol. The molecule has 5 heteroatoms. The van der Waals surface area contributed by atoms with E-state index in [1.54, 1.807) is 7.11 Å². The van der Waals surface area contributed by atoms with Gasteiger partial charge in [-0.15, -0.1) is 0 Å². The standard InChI is InChI=1S/C39H55N3O2/c1-9-39(6,7)26-36(37(28(2)3)34-19-15-22-40-38(34)30(5)44-8)35-25-33(21-20-29(35)4)32-18-14-17-31(24-32)16-12-10-11-13-23-41-42-27-43/h14-15,17-22,24-25,27-28,30,41H,9-13,16,23,26H2,1-8H3,(H,42,43)/b37-36+. The van der Waals surface area contributed by atoms with Crippen LogP contribution in [0, 0.1) is 18.3 Å². The van der Waals surface area contributed by atoms with Crippen molar-refractivity contribution in [2.24, 2.45) is 11.3 Å². The molecule has 0 saturated carbocycles. The Morgan fingerprint density at radius 2 is 1.70 bits per heavy atom. The molecule has 0 aliphatic carbocycles. The van der Waals surface area contributed by atoms with Gasteiger partial charge < -0.3 is 4.74 Å². The largest absolute Gasteiger partial charge is 0.375 e. The van der Waals surface area contributed by atoms with E-state index in [-0.39, 0.29) is 11.5 Å².